The van der Waals surface area contributed by atoms with Crippen molar-refractivity contribution >= 4 is 17.3 Å². The largest absolute Gasteiger partial charge is 0.373 e. The van der Waals surface area contributed by atoms with Crippen LogP contribution in [0.25, 0.3) is 0 Å². The molecule has 0 bridgehead atoms. The zero-order valence-electron chi connectivity index (χ0n) is 10.9. The third kappa shape index (κ3) is 2.64. The molecule has 0 radical (unpaired) electrons. The Bertz CT molecular complexity index is 625. The highest BCUT2D eigenvalue weighted by Gasteiger charge is 2.23. The molecule has 20 heavy (non-hydrogen) atoms. The minimum Gasteiger partial charge on any atom is -0.373 e. The van der Waals surface area contributed by atoms with Crippen molar-refractivity contribution in [3.05, 3.63) is 59.9 Å². The molecule has 1 aliphatic heterocycles. The maximum Gasteiger partial charge on any atom is 0.246 e. The summed E-state index contributed by atoms with van der Waals surface area (Å²) in [5.41, 5.74) is 2.85. The lowest BCUT2D eigenvalue weighted by molar-refractivity contribution is -0.117. The number of carbonyl (C=O) groups excluding carboxylic acids is 1. The summed E-state index contributed by atoms with van der Waals surface area (Å²) in [5.74, 6) is -0.404. The molecule has 2 N–H and O–H groups in total. The van der Waals surface area contributed by atoms with Crippen LogP contribution in [0.15, 0.2) is 48.5 Å². The number of hydrogen-bond acceptors (Lipinski definition) is 2. The molecule has 0 saturated carbocycles. The van der Waals surface area contributed by atoms with Crippen molar-refractivity contribution in [1.82, 2.24) is 0 Å². The van der Waals surface area contributed by atoms with Gasteiger partial charge in [0.2, 0.25) is 5.91 Å². The number of anilines is 2. The van der Waals surface area contributed by atoms with Crippen LogP contribution < -0.4 is 10.6 Å². The Morgan fingerprint density at radius 2 is 1.90 bits per heavy atom. The Kier molecular flexibility index (Phi) is 3.37. The van der Waals surface area contributed by atoms with Gasteiger partial charge in [-0.1, -0.05) is 18.2 Å². The molecule has 0 unspecified atom stereocenters. The standard InChI is InChI=1S/C16H15FN2O/c17-12-6-8-13(9-7-12)18-16(20)15-10-5-11-3-1-2-4-14(11)19-15/h1-4,6-9,15,19H,5,10H2,(H,18,20)/t15-/m1/s1. The molecule has 0 aromatic heterocycles. The van der Waals surface area contributed by atoms with E-state index in [0.717, 1.165) is 18.5 Å². The van der Waals surface area contributed by atoms with Crippen molar-refractivity contribution in [3.8, 4) is 0 Å². The quantitative estimate of drug-likeness (QED) is 0.880. The van der Waals surface area contributed by atoms with Crippen LogP contribution in [0, 0.1) is 5.82 Å². The van der Waals surface area contributed by atoms with Gasteiger partial charge >= 0.3 is 0 Å². The predicted molar refractivity (Wildman–Crippen MR) is 77.2 cm³/mol. The highest BCUT2D eigenvalue weighted by Crippen LogP contribution is 2.24. The van der Waals surface area contributed by atoms with E-state index in [1.807, 2.05) is 18.2 Å². The van der Waals surface area contributed by atoms with E-state index in [2.05, 4.69) is 16.7 Å². The van der Waals surface area contributed by atoms with Crippen LogP contribution in [-0.2, 0) is 11.2 Å². The van der Waals surface area contributed by atoms with Crippen LogP contribution in [0.2, 0.25) is 0 Å². The molecular weight excluding hydrogens is 255 g/mol. The molecule has 0 fully saturated rings. The first kappa shape index (κ1) is 12.7. The van der Waals surface area contributed by atoms with Crippen molar-refractivity contribution < 1.29 is 9.18 Å². The molecule has 0 spiro atoms. The van der Waals surface area contributed by atoms with Gasteiger partial charge in [-0.3, -0.25) is 4.79 Å². The molecule has 2 aromatic rings. The number of aryl methyl sites for hydroxylation is 1. The summed E-state index contributed by atoms with van der Waals surface area (Å²) in [6.45, 7) is 0. The minimum atomic E-state index is -0.312. The molecule has 2 aromatic carbocycles. The lowest BCUT2D eigenvalue weighted by Gasteiger charge is -2.26. The molecule has 3 nitrogen and oxygen atoms in total. The third-order valence-electron chi connectivity index (χ3n) is 3.48. The second-order valence-corrected chi connectivity index (χ2v) is 4.89. The maximum absolute atomic E-state index is 12.8. The molecule has 0 aliphatic carbocycles. The Balaban J connectivity index is 1.68. The van der Waals surface area contributed by atoms with Gasteiger partial charge in [0.15, 0.2) is 0 Å². The summed E-state index contributed by atoms with van der Waals surface area (Å²) >= 11 is 0. The van der Waals surface area contributed by atoms with Crippen LogP contribution >= 0.6 is 0 Å². The maximum atomic E-state index is 12.8. The van der Waals surface area contributed by atoms with E-state index in [4.69, 9.17) is 0 Å². The first-order chi connectivity index (χ1) is 9.72. The van der Waals surface area contributed by atoms with Gasteiger partial charge in [0.05, 0.1) is 0 Å². The second-order valence-electron chi connectivity index (χ2n) is 4.89. The normalized spacial score (nSPS) is 16.9. The van der Waals surface area contributed by atoms with Crippen LogP contribution in [-0.4, -0.2) is 11.9 Å². The third-order valence-corrected chi connectivity index (χ3v) is 3.48. The number of rotatable bonds is 2. The average molecular weight is 270 g/mol. The average Bonchev–Trinajstić information content (AvgIpc) is 2.49. The van der Waals surface area contributed by atoms with Gasteiger partial charge in [0.25, 0.3) is 0 Å². The summed E-state index contributed by atoms with van der Waals surface area (Å²) in [7, 11) is 0. The minimum absolute atomic E-state index is 0.0916. The van der Waals surface area contributed by atoms with Gasteiger partial charge in [-0.2, -0.15) is 0 Å². The van der Waals surface area contributed by atoms with E-state index in [9.17, 15) is 9.18 Å². The molecule has 3 rings (SSSR count). The van der Waals surface area contributed by atoms with Gasteiger partial charge in [-0.25, -0.2) is 4.39 Å². The first-order valence-corrected chi connectivity index (χ1v) is 6.63. The Morgan fingerprint density at radius 3 is 2.70 bits per heavy atom. The van der Waals surface area contributed by atoms with Crippen molar-refractivity contribution in [2.75, 3.05) is 10.6 Å². The van der Waals surface area contributed by atoms with Gasteiger partial charge in [0, 0.05) is 11.4 Å². The van der Waals surface area contributed by atoms with Crippen molar-refractivity contribution in [3.63, 3.8) is 0 Å². The molecule has 102 valence electrons. The van der Waals surface area contributed by atoms with Crippen LogP contribution in [0.1, 0.15) is 12.0 Å². The Hall–Kier alpha value is -2.36. The molecule has 0 saturated heterocycles. The molecule has 4 heteroatoms. The molecule has 1 heterocycles. The fourth-order valence-electron chi connectivity index (χ4n) is 2.40. The van der Waals surface area contributed by atoms with Crippen molar-refractivity contribution in [2.24, 2.45) is 0 Å². The van der Waals surface area contributed by atoms with Crippen molar-refractivity contribution in [1.29, 1.82) is 0 Å². The van der Waals surface area contributed by atoms with Gasteiger partial charge < -0.3 is 10.6 Å². The second kappa shape index (κ2) is 5.33. The number of carbonyl (C=O) groups is 1. The van der Waals surface area contributed by atoms with Gasteiger partial charge in [-0.05, 0) is 48.7 Å². The van der Waals surface area contributed by atoms with Crippen LogP contribution in [0.4, 0.5) is 15.8 Å². The summed E-state index contributed by atoms with van der Waals surface area (Å²) in [4.78, 5) is 12.2. The predicted octanol–water partition coefficient (Wildman–Crippen LogP) is 3.19. The first-order valence-electron chi connectivity index (χ1n) is 6.63. The molecule has 1 amide bonds. The van der Waals surface area contributed by atoms with E-state index >= 15 is 0 Å². The lowest BCUT2D eigenvalue weighted by atomic mass is 9.97. The van der Waals surface area contributed by atoms with E-state index < -0.39 is 0 Å². The fourth-order valence-corrected chi connectivity index (χ4v) is 2.40. The van der Waals surface area contributed by atoms with E-state index in [1.54, 1.807) is 12.1 Å². The number of nitrogens with one attached hydrogen (secondary N) is 2. The zero-order valence-corrected chi connectivity index (χ0v) is 10.9. The lowest BCUT2D eigenvalue weighted by Crippen LogP contribution is -2.37. The molecule has 1 atom stereocenters. The number of para-hydroxylation sites is 1. The van der Waals surface area contributed by atoms with E-state index in [1.165, 1.54) is 17.7 Å². The monoisotopic (exact) mass is 270 g/mol. The van der Waals surface area contributed by atoms with Gasteiger partial charge in [-0.15, -0.1) is 0 Å². The summed E-state index contributed by atoms with van der Waals surface area (Å²) in [5, 5.41) is 6.04. The summed E-state index contributed by atoms with van der Waals surface area (Å²) in [6, 6.07) is 13.5. The highest BCUT2D eigenvalue weighted by molar-refractivity contribution is 5.97. The van der Waals surface area contributed by atoms with E-state index in [-0.39, 0.29) is 17.8 Å². The smallest absolute Gasteiger partial charge is 0.246 e. The van der Waals surface area contributed by atoms with E-state index in [0.29, 0.717) is 5.69 Å². The summed E-state index contributed by atoms with van der Waals surface area (Å²) < 4.78 is 12.8. The highest BCUT2D eigenvalue weighted by atomic mass is 19.1. The van der Waals surface area contributed by atoms with Gasteiger partial charge in [0.1, 0.15) is 11.9 Å². The number of halogens is 1. The fraction of sp³-hybridized carbons (Fsp3) is 0.188. The summed E-state index contributed by atoms with van der Waals surface area (Å²) in [6.07, 6.45) is 1.63. The molecular formula is C16H15FN2O. The van der Waals surface area contributed by atoms with Crippen molar-refractivity contribution in [2.45, 2.75) is 18.9 Å². The van der Waals surface area contributed by atoms with Crippen LogP contribution in [0.3, 0.4) is 0 Å². The SMILES string of the molecule is O=C(Nc1ccc(F)cc1)[C@H]1CCc2ccccc2N1. The zero-order chi connectivity index (χ0) is 13.9. The number of benzene rings is 2. The number of amides is 1. The Labute approximate surface area is 116 Å². The number of hydrogen-bond donors (Lipinski definition) is 2. The molecule has 1 aliphatic rings. The van der Waals surface area contributed by atoms with Crippen LogP contribution in [0.5, 0.6) is 0 Å². The Morgan fingerprint density at radius 1 is 1.15 bits per heavy atom. The topological polar surface area (TPSA) is 41.1 Å². The number of fused-ring (bicyclic) bond motifs is 1.